The van der Waals surface area contributed by atoms with E-state index in [1.807, 2.05) is 0 Å². The third-order valence-corrected chi connectivity index (χ3v) is 7.08. The van der Waals surface area contributed by atoms with E-state index >= 15 is 0 Å². The maximum absolute atomic E-state index is 12.7. The zero-order valence-corrected chi connectivity index (χ0v) is 16.4. The van der Waals surface area contributed by atoms with Gasteiger partial charge in [-0.2, -0.15) is 0 Å². The fraction of sp³-hybridized carbons (Fsp3) is 0.350. The molecule has 0 aliphatic heterocycles. The van der Waals surface area contributed by atoms with E-state index in [1.54, 1.807) is 42.5 Å². The van der Waals surface area contributed by atoms with Gasteiger partial charge in [-0.25, -0.2) is 8.42 Å². The standard InChI is InChI=1S/C20H22ClNO4S/c21-15-5-3-7-17(13-15)26-12-11-20(23)22-16-6-4-10-19(14-16)27(24,25)18-8-1-2-9-18/h3-7,10,13-14,18H,1-2,8-9,11-12H2,(H,22,23). The summed E-state index contributed by atoms with van der Waals surface area (Å²) < 4.78 is 30.9. The molecule has 2 aromatic rings. The van der Waals surface area contributed by atoms with Crippen LogP contribution in [0.4, 0.5) is 5.69 Å². The predicted octanol–water partition coefficient (Wildman–Crippen LogP) is 4.46. The number of benzene rings is 2. The van der Waals surface area contributed by atoms with Gasteiger partial charge in [-0.15, -0.1) is 0 Å². The lowest BCUT2D eigenvalue weighted by Gasteiger charge is -2.13. The normalized spacial score (nSPS) is 14.9. The first-order valence-corrected chi connectivity index (χ1v) is 10.9. The fourth-order valence-corrected chi connectivity index (χ4v) is 5.26. The molecule has 2 aromatic carbocycles. The third kappa shape index (κ3) is 5.23. The number of hydrogen-bond acceptors (Lipinski definition) is 4. The molecule has 0 spiro atoms. The summed E-state index contributed by atoms with van der Waals surface area (Å²) >= 11 is 5.88. The summed E-state index contributed by atoms with van der Waals surface area (Å²) in [5, 5.41) is 2.99. The van der Waals surface area contributed by atoms with Gasteiger partial charge in [0.15, 0.2) is 9.84 Å². The maximum atomic E-state index is 12.7. The number of hydrogen-bond donors (Lipinski definition) is 1. The first-order chi connectivity index (χ1) is 12.9. The quantitative estimate of drug-likeness (QED) is 0.735. The molecule has 3 rings (SSSR count). The summed E-state index contributed by atoms with van der Waals surface area (Å²) in [7, 11) is -3.34. The Balaban J connectivity index is 1.56. The SMILES string of the molecule is O=C(CCOc1cccc(Cl)c1)Nc1cccc(S(=O)(=O)C2CCCC2)c1. The number of carbonyl (C=O) groups is 1. The minimum atomic E-state index is -3.34. The van der Waals surface area contributed by atoms with Crippen LogP contribution in [-0.4, -0.2) is 26.2 Å². The first-order valence-electron chi connectivity index (χ1n) is 8.97. The van der Waals surface area contributed by atoms with Crippen LogP contribution >= 0.6 is 11.6 Å². The van der Waals surface area contributed by atoms with Crippen LogP contribution in [0.2, 0.25) is 5.02 Å². The van der Waals surface area contributed by atoms with Crippen LogP contribution in [0.25, 0.3) is 0 Å². The summed E-state index contributed by atoms with van der Waals surface area (Å²) in [6.07, 6.45) is 3.46. The van der Waals surface area contributed by atoms with Crippen molar-refractivity contribution in [2.45, 2.75) is 42.2 Å². The van der Waals surface area contributed by atoms with Gasteiger partial charge >= 0.3 is 0 Å². The third-order valence-electron chi connectivity index (χ3n) is 4.58. The molecule has 1 saturated carbocycles. The summed E-state index contributed by atoms with van der Waals surface area (Å²) in [6, 6.07) is 13.4. The van der Waals surface area contributed by atoms with Gasteiger partial charge in [0, 0.05) is 10.7 Å². The van der Waals surface area contributed by atoms with Crippen molar-refractivity contribution in [2.24, 2.45) is 0 Å². The monoisotopic (exact) mass is 407 g/mol. The molecular formula is C20H22ClNO4S. The van der Waals surface area contributed by atoms with Crippen molar-refractivity contribution in [2.75, 3.05) is 11.9 Å². The van der Waals surface area contributed by atoms with Gasteiger partial charge < -0.3 is 10.1 Å². The Labute approximate surface area is 164 Å². The molecule has 27 heavy (non-hydrogen) atoms. The van der Waals surface area contributed by atoms with E-state index in [0.29, 0.717) is 29.3 Å². The van der Waals surface area contributed by atoms with Crippen LogP contribution in [0, 0.1) is 0 Å². The van der Waals surface area contributed by atoms with E-state index in [0.717, 1.165) is 12.8 Å². The Morgan fingerprint density at radius 3 is 2.59 bits per heavy atom. The van der Waals surface area contributed by atoms with Crippen molar-refractivity contribution in [3.63, 3.8) is 0 Å². The van der Waals surface area contributed by atoms with Gasteiger partial charge in [-0.3, -0.25) is 4.79 Å². The molecule has 0 aromatic heterocycles. The van der Waals surface area contributed by atoms with Crippen molar-refractivity contribution in [1.82, 2.24) is 0 Å². The summed E-state index contributed by atoms with van der Waals surface area (Å²) in [5.41, 5.74) is 0.474. The fourth-order valence-electron chi connectivity index (χ4n) is 3.18. The molecule has 144 valence electrons. The summed E-state index contributed by atoms with van der Waals surface area (Å²) in [5.74, 6) is 0.354. The van der Waals surface area contributed by atoms with Crippen LogP contribution in [-0.2, 0) is 14.6 Å². The van der Waals surface area contributed by atoms with Crippen molar-refractivity contribution >= 4 is 33.0 Å². The van der Waals surface area contributed by atoms with E-state index < -0.39 is 9.84 Å². The van der Waals surface area contributed by atoms with Gasteiger partial charge in [0.05, 0.1) is 23.2 Å². The number of ether oxygens (including phenoxy) is 1. The van der Waals surface area contributed by atoms with Crippen molar-refractivity contribution in [3.8, 4) is 5.75 Å². The van der Waals surface area contributed by atoms with Gasteiger partial charge in [0.25, 0.3) is 0 Å². The smallest absolute Gasteiger partial charge is 0.227 e. The molecule has 5 nitrogen and oxygen atoms in total. The van der Waals surface area contributed by atoms with E-state index in [4.69, 9.17) is 16.3 Å². The van der Waals surface area contributed by atoms with E-state index in [2.05, 4.69) is 5.32 Å². The Morgan fingerprint density at radius 2 is 1.85 bits per heavy atom. The summed E-state index contributed by atoms with van der Waals surface area (Å²) in [6.45, 7) is 0.201. The Morgan fingerprint density at radius 1 is 1.11 bits per heavy atom. The Hall–Kier alpha value is -2.05. The van der Waals surface area contributed by atoms with Crippen LogP contribution < -0.4 is 10.1 Å². The molecule has 0 bridgehead atoms. The molecule has 0 saturated heterocycles. The second-order valence-corrected chi connectivity index (χ2v) is 9.25. The molecule has 1 aliphatic carbocycles. The molecule has 1 aliphatic rings. The first kappa shape index (κ1) is 19.7. The number of anilines is 1. The van der Waals surface area contributed by atoms with E-state index in [9.17, 15) is 13.2 Å². The van der Waals surface area contributed by atoms with Gasteiger partial charge in [-0.1, -0.05) is 36.6 Å². The molecule has 0 heterocycles. The lowest BCUT2D eigenvalue weighted by Crippen LogP contribution is -2.19. The number of amides is 1. The molecule has 0 atom stereocenters. The molecule has 1 fully saturated rings. The molecule has 0 unspecified atom stereocenters. The summed E-state index contributed by atoms with van der Waals surface area (Å²) in [4.78, 5) is 12.4. The minimum absolute atomic E-state index is 0.145. The van der Waals surface area contributed by atoms with Gasteiger partial charge in [0.2, 0.25) is 5.91 Å². The second kappa shape index (κ2) is 8.76. The maximum Gasteiger partial charge on any atom is 0.227 e. The molecule has 0 radical (unpaired) electrons. The zero-order valence-electron chi connectivity index (χ0n) is 14.9. The van der Waals surface area contributed by atoms with Gasteiger partial charge in [0.1, 0.15) is 5.75 Å². The van der Waals surface area contributed by atoms with Crippen molar-refractivity contribution in [1.29, 1.82) is 0 Å². The number of sulfone groups is 1. The zero-order chi connectivity index (χ0) is 19.3. The highest BCUT2D eigenvalue weighted by Crippen LogP contribution is 2.30. The van der Waals surface area contributed by atoms with Crippen LogP contribution in [0.5, 0.6) is 5.75 Å². The lowest BCUT2D eigenvalue weighted by atomic mass is 10.3. The Kier molecular flexibility index (Phi) is 6.39. The average molecular weight is 408 g/mol. The molecule has 1 N–H and O–H groups in total. The predicted molar refractivity (Wildman–Crippen MR) is 106 cm³/mol. The molecule has 1 amide bonds. The Bertz CT molecular complexity index is 908. The largest absolute Gasteiger partial charge is 0.493 e. The molecule has 7 heteroatoms. The van der Waals surface area contributed by atoms with Crippen LogP contribution in [0.3, 0.4) is 0 Å². The highest BCUT2D eigenvalue weighted by atomic mass is 35.5. The number of halogens is 1. The topological polar surface area (TPSA) is 72.5 Å². The highest BCUT2D eigenvalue weighted by Gasteiger charge is 2.30. The number of rotatable bonds is 7. The average Bonchev–Trinajstić information content (AvgIpc) is 3.17. The van der Waals surface area contributed by atoms with Crippen molar-refractivity contribution in [3.05, 3.63) is 53.6 Å². The number of nitrogens with one attached hydrogen (secondary N) is 1. The highest BCUT2D eigenvalue weighted by molar-refractivity contribution is 7.92. The molecular weight excluding hydrogens is 386 g/mol. The van der Waals surface area contributed by atoms with Gasteiger partial charge in [-0.05, 0) is 49.2 Å². The lowest BCUT2D eigenvalue weighted by molar-refractivity contribution is -0.116. The van der Waals surface area contributed by atoms with Crippen LogP contribution in [0.1, 0.15) is 32.1 Å². The second-order valence-electron chi connectivity index (χ2n) is 6.58. The van der Waals surface area contributed by atoms with E-state index in [-0.39, 0.29) is 29.1 Å². The van der Waals surface area contributed by atoms with Crippen molar-refractivity contribution < 1.29 is 17.9 Å². The number of carbonyl (C=O) groups excluding carboxylic acids is 1. The van der Waals surface area contributed by atoms with Crippen LogP contribution in [0.15, 0.2) is 53.4 Å². The minimum Gasteiger partial charge on any atom is -0.493 e. The van der Waals surface area contributed by atoms with E-state index in [1.165, 1.54) is 6.07 Å².